The van der Waals surface area contributed by atoms with Crippen LogP contribution in [0.1, 0.15) is 12.5 Å². The van der Waals surface area contributed by atoms with Gasteiger partial charge in [0.25, 0.3) is 0 Å². The third kappa shape index (κ3) is 2.15. The predicted molar refractivity (Wildman–Crippen MR) is 54.5 cm³/mol. The molecule has 0 saturated carbocycles. The van der Waals surface area contributed by atoms with Gasteiger partial charge in [-0.3, -0.25) is 0 Å². The van der Waals surface area contributed by atoms with Gasteiger partial charge in [0.2, 0.25) is 0 Å². The van der Waals surface area contributed by atoms with Gasteiger partial charge in [0.05, 0.1) is 5.03 Å². The van der Waals surface area contributed by atoms with Gasteiger partial charge in [0.1, 0.15) is 0 Å². The molecule has 0 radical (unpaired) electrons. The summed E-state index contributed by atoms with van der Waals surface area (Å²) in [5.74, 6) is 0. The Kier molecular flexibility index (Phi) is 3.43. The first kappa shape index (κ1) is 9.41. The summed E-state index contributed by atoms with van der Waals surface area (Å²) >= 11 is 11.8. The van der Waals surface area contributed by atoms with Crippen LogP contribution in [-0.2, 0) is 0 Å². The van der Waals surface area contributed by atoms with Gasteiger partial charge < -0.3 is 0 Å². The first-order valence-corrected chi connectivity index (χ1v) is 4.33. The lowest BCUT2D eigenvalue weighted by Crippen LogP contribution is -1.76. The summed E-state index contributed by atoms with van der Waals surface area (Å²) in [6.07, 6.45) is 1.76. The molecule has 2 heteroatoms. The molecule has 0 aromatic heterocycles. The van der Waals surface area contributed by atoms with Crippen molar-refractivity contribution in [1.29, 1.82) is 0 Å². The molecule has 0 saturated heterocycles. The van der Waals surface area contributed by atoms with Gasteiger partial charge in [-0.15, -0.1) is 5.73 Å². The van der Waals surface area contributed by atoms with E-state index in [1.54, 1.807) is 12.1 Å². The van der Waals surface area contributed by atoms with Crippen LogP contribution in [0.4, 0.5) is 0 Å². The Morgan fingerprint density at radius 3 is 2.67 bits per heavy atom. The van der Waals surface area contributed by atoms with Gasteiger partial charge in [-0.05, 0) is 19.1 Å². The highest BCUT2D eigenvalue weighted by Crippen LogP contribution is 2.25. The summed E-state index contributed by atoms with van der Waals surface area (Å²) in [6.45, 7) is 1.86. The molecule has 1 rings (SSSR count). The molecule has 0 N–H and O–H groups in total. The molecule has 0 atom stereocenters. The second-order valence-corrected chi connectivity index (χ2v) is 3.01. The van der Waals surface area contributed by atoms with E-state index in [1.807, 2.05) is 25.1 Å². The van der Waals surface area contributed by atoms with Gasteiger partial charge in [0.15, 0.2) is 0 Å². The minimum absolute atomic E-state index is 0.545. The molecule has 0 spiro atoms. The van der Waals surface area contributed by atoms with E-state index in [2.05, 4.69) is 5.73 Å². The first-order valence-electron chi connectivity index (χ1n) is 3.57. The molecule has 1 aromatic rings. The number of allylic oxidation sites excluding steroid dienone is 1. The SMILES string of the molecule is CC=C=C(Cl)c1ccccc1Cl. The Morgan fingerprint density at radius 2 is 2.08 bits per heavy atom. The van der Waals surface area contributed by atoms with Crippen LogP contribution >= 0.6 is 23.2 Å². The molecule has 0 amide bonds. The average molecular weight is 199 g/mol. The zero-order valence-electron chi connectivity index (χ0n) is 6.64. The zero-order chi connectivity index (χ0) is 8.97. The van der Waals surface area contributed by atoms with Crippen molar-refractivity contribution in [2.75, 3.05) is 0 Å². The van der Waals surface area contributed by atoms with Crippen molar-refractivity contribution < 1.29 is 0 Å². The Morgan fingerprint density at radius 1 is 1.42 bits per heavy atom. The Hall–Kier alpha value is -0.680. The summed E-state index contributed by atoms with van der Waals surface area (Å²) in [5, 5.41) is 1.19. The summed E-state index contributed by atoms with van der Waals surface area (Å²) in [6, 6.07) is 7.42. The van der Waals surface area contributed by atoms with Gasteiger partial charge >= 0.3 is 0 Å². The molecular formula is C10H8Cl2. The number of halogens is 2. The standard InChI is InChI=1S/C10H8Cl2/c1-2-5-9(11)8-6-3-4-7-10(8)12/h2-4,6-7H,1H3. The average Bonchev–Trinajstić information content (AvgIpc) is 2.05. The van der Waals surface area contributed by atoms with E-state index >= 15 is 0 Å². The second kappa shape index (κ2) is 4.37. The summed E-state index contributed by atoms with van der Waals surface area (Å²) in [4.78, 5) is 0. The number of hydrogen-bond acceptors (Lipinski definition) is 0. The maximum atomic E-state index is 5.90. The molecule has 0 unspecified atom stereocenters. The number of rotatable bonds is 1. The molecule has 12 heavy (non-hydrogen) atoms. The third-order valence-electron chi connectivity index (χ3n) is 1.38. The molecule has 0 bridgehead atoms. The lowest BCUT2D eigenvalue weighted by Gasteiger charge is -1.98. The molecule has 0 fully saturated rings. The number of hydrogen-bond donors (Lipinski definition) is 0. The van der Waals surface area contributed by atoms with Crippen molar-refractivity contribution >= 4 is 28.2 Å². The molecule has 0 heterocycles. The Balaban J connectivity index is 3.20. The van der Waals surface area contributed by atoms with Crippen molar-refractivity contribution in [2.45, 2.75) is 6.92 Å². The lowest BCUT2D eigenvalue weighted by molar-refractivity contribution is 1.64. The topological polar surface area (TPSA) is 0 Å². The smallest absolute Gasteiger partial charge is 0.0908 e. The molecule has 0 nitrogen and oxygen atoms in total. The monoisotopic (exact) mass is 198 g/mol. The quantitative estimate of drug-likeness (QED) is 0.597. The fourth-order valence-electron chi connectivity index (χ4n) is 0.844. The van der Waals surface area contributed by atoms with Gasteiger partial charge in [-0.2, -0.15) is 0 Å². The largest absolute Gasteiger partial charge is 0.105 e. The Labute approximate surface area is 82.1 Å². The fraction of sp³-hybridized carbons (Fsp3) is 0.100. The van der Waals surface area contributed by atoms with E-state index in [0.29, 0.717) is 10.1 Å². The molecule has 1 aromatic carbocycles. The van der Waals surface area contributed by atoms with Crippen LogP contribution in [0.3, 0.4) is 0 Å². The fourth-order valence-corrected chi connectivity index (χ4v) is 1.40. The van der Waals surface area contributed by atoms with Crippen LogP contribution in [-0.4, -0.2) is 0 Å². The second-order valence-electron chi connectivity index (χ2n) is 2.23. The minimum atomic E-state index is 0.545. The van der Waals surface area contributed by atoms with E-state index in [9.17, 15) is 0 Å². The lowest BCUT2D eigenvalue weighted by atomic mass is 10.2. The van der Waals surface area contributed by atoms with Crippen LogP contribution in [0.2, 0.25) is 5.02 Å². The third-order valence-corrected chi connectivity index (χ3v) is 2.02. The maximum absolute atomic E-state index is 5.90. The first-order chi connectivity index (χ1) is 5.75. The molecule has 0 aliphatic heterocycles. The molecule has 0 aliphatic carbocycles. The Bertz CT molecular complexity index is 333. The van der Waals surface area contributed by atoms with E-state index in [-0.39, 0.29) is 0 Å². The summed E-state index contributed by atoms with van der Waals surface area (Å²) in [5.41, 5.74) is 3.69. The van der Waals surface area contributed by atoms with Crippen LogP contribution < -0.4 is 0 Å². The highest BCUT2D eigenvalue weighted by Gasteiger charge is 2.00. The highest BCUT2D eigenvalue weighted by atomic mass is 35.5. The summed E-state index contributed by atoms with van der Waals surface area (Å²) in [7, 11) is 0. The molecule has 62 valence electrons. The van der Waals surface area contributed by atoms with E-state index in [4.69, 9.17) is 23.2 Å². The van der Waals surface area contributed by atoms with Gasteiger partial charge in [-0.25, -0.2) is 0 Å². The van der Waals surface area contributed by atoms with Gasteiger partial charge in [-0.1, -0.05) is 41.4 Å². The van der Waals surface area contributed by atoms with Crippen LogP contribution in [0, 0.1) is 0 Å². The van der Waals surface area contributed by atoms with Crippen molar-refractivity contribution in [2.24, 2.45) is 0 Å². The van der Waals surface area contributed by atoms with E-state index in [0.717, 1.165) is 5.56 Å². The van der Waals surface area contributed by atoms with Crippen LogP contribution in [0.15, 0.2) is 36.1 Å². The molecule has 0 aliphatic rings. The van der Waals surface area contributed by atoms with Crippen LogP contribution in [0.5, 0.6) is 0 Å². The maximum Gasteiger partial charge on any atom is 0.0908 e. The van der Waals surface area contributed by atoms with Crippen molar-refractivity contribution in [3.63, 3.8) is 0 Å². The van der Waals surface area contributed by atoms with Crippen molar-refractivity contribution in [1.82, 2.24) is 0 Å². The summed E-state index contributed by atoms with van der Waals surface area (Å²) < 4.78 is 0. The zero-order valence-corrected chi connectivity index (χ0v) is 8.15. The van der Waals surface area contributed by atoms with Crippen molar-refractivity contribution in [3.05, 3.63) is 46.7 Å². The highest BCUT2D eigenvalue weighted by molar-refractivity contribution is 6.50. The van der Waals surface area contributed by atoms with E-state index in [1.165, 1.54) is 0 Å². The normalized spacial score (nSPS) is 8.92. The predicted octanol–water partition coefficient (Wildman–Crippen LogP) is 4.09. The van der Waals surface area contributed by atoms with Crippen molar-refractivity contribution in [3.8, 4) is 0 Å². The van der Waals surface area contributed by atoms with Crippen LogP contribution in [0.25, 0.3) is 5.03 Å². The van der Waals surface area contributed by atoms with Gasteiger partial charge in [0, 0.05) is 10.6 Å². The minimum Gasteiger partial charge on any atom is -0.105 e. The van der Waals surface area contributed by atoms with E-state index < -0.39 is 0 Å². The number of benzene rings is 1. The molecular weight excluding hydrogens is 191 g/mol.